The molecular weight excluding hydrogens is 286 g/mol. The predicted octanol–water partition coefficient (Wildman–Crippen LogP) is -0.166. The Bertz CT molecular complexity index is 495. The van der Waals surface area contributed by atoms with Crippen molar-refractivity contribution >= 4 is 21.8 Å². The minimum absolute atomic E-state index is 0.172. The lowest BCUT2D eigenvalue weighted by atomic mass is 10.5. The number of aromatic amines is 1. The number of nitrogens with one attached hydrogen (secondary N) is 2. The molecule has 1 aliphatic heterocycles. The molecule has 0 unspecified atom stereocenters. The van der Waals surface area contributed by atoms with E-state index in [1.807, 2.05) is 11.8 Å². The second-order valence-electron chi connectivity index (χ2n) is 4.37. The summed E-state index contributed by atoms with van der Waals surface area (Å²) in [6, 6.07) is 1.44. The fourth-order valence-corrected chi connectivity index (χ4v) is 3.93. The number of nitrogens with zero attached hydrogens (tertiary/aromatic N) is 1. The summed E-state index contributed by atoms with van der Waals surface area (Å²) in [4.78, 5) is 5.15. The van der Waals surface area contributed by atoms with Crippen LogP contribution in [0.4, 0.5) is 0 Å². The number of aliphatic hydroxyl groups is 1. The van der Waals surface area contributed by atoms with Gasteiger partial charge in [0.15, 0.2) is 0 Å². The van der Waals surface area contributed by atoms with E-state index in [1.165, 1.54) is 12.3 Å². The van der Waals surface area contributed by atoms with Gasteiger partial charge in [-0.05, 0) is 6.07 Å². The van der Waals surface area contributed by atoms with Gasteiger partial charge in [-0.1, -0.05) is 0 Å². The van der Waals surface area contributed by atoms with E-state index < -0.39 is 10.0 Å². The molecule has 0 radical (unpaired) electrons. The van der Waals surface area contributed by atoms with Gasteiger partial charge in [0.1, 0.15) is 0 Å². The standard InChI is InChI=1S/C11H19N3O3S2/c15-9-10-7-11(8-12-10)19(16,17)13-1-2-14-3-5-18-6-4-14/h7-8,12-13,15H,1-6,9H2. The Morgan fingerprint density at radius 3 is 2.79 bits per heavy atom. The lowest BCUT2D eigenvalue weighted by Crippen LogP contribution is -2.39. The van der Waals surface area contributed by atoms with E-state index in [-0.39, 0.29) is 11.5 Å². The Morgan fingerprint density at radius 1 is 1.42 bits per heavy atom. The highest BCUT2D eigenvalue weighted by Gasteiger charge is 2.16. The van der Waals surface area contributed by atoms with Crippen molar-refractivity contribution in [2.45, 2.75) is 11.5 Å². The highest BCUT2D eigenvalue weighted by Crippen LogP contribution is 2.11. The molecular formula is C11H19N3O3S2. The normalized spacial score (nSPS) is 17.7. The number of sulfonamides is 1. The summed E-state index contributed by atoms with van der Waals surface area (Å²) in [6.45, 7) is 2.99. The van der Waals surface area contributed by atoms with E-state index >= 15 is 0 Å². The maximum Gasteiger partial charge on any atom is 0.242 e. The Labute approximate surface area is 117 Å². The number of hydrogen-bond donors (Lipinski definition) is 3. The largest absolute Gasteiger partial charge is 0.390 e. The van der Waals surface area contributed by atoms with Gasteiger partial charge < -0.3 is 15.0 Å². The molecule has 1 fully saturated rings. The first-order chi connectivity index (χ1) is 9.12. The van der Waals surface area contributed by atoms with Crippen LogP contribution in [-0.2, 0) is 16.6 Å². The first-order valence-corrected chi connectivity index (χ1v) is 8.83. The lowest BCUT2D eigenvalue weighted by molar-refractivity contribution is 0.277. The molecule has 3 N–H and O–H groups in total. The molecule has 0 aromatic carbocycles. The summed E-state index contributed by atoms with van der Waals surface area (Å²) in [5.74, 6) is 2.23. The first-order valence-electron chi connectivity index (χ1n) is 6.20. The Kier molecular flexibility index (Phi) is 5.28. The number of aromatic nitrogens is 1. The topological polar surface area (TPSA) is 85.4 Å². The van der Waals surface area contributed by atoms with Crippen molar-refractivity contribution in [3.8, 4) is 0 Å². The van der Waals surface area contributed by atoms with E-state index in [2.05, 4.69) is 14.6 Å². The van der Waals surface area contributed by atoms with E-state index in [0.717, 1.165) is 31.1 Å². The molecule has 1 aromatic rings. The van der Waals surface area contributed by atoms with Gasteiger partial charge >= 0.3 is 0 Å². The van der Waals surface area contributed by atoms with Gasteiger partial charge in [0.05, 0.1) is 11.5 Å². The van der Waals surface area contributed by atoms with E-state index in [1.54, 1.807) is 0 Å². The van der Waals surface area contributed by atoms with Gasteiger partial charge in [-0.2, -0.15) is 11.8 Å². The summed E-state index contributed by atoms with van der Waals surface area (Å²) >= 11 is 1.93. The molecule has 0 aliphatic carbocycles. The SMILES string of the molecule is O=S(=O)(NCCN1CCSCC1)c1c[nH]c(CO)c1. The van der Waals surface area contributed by atoms with Crippen LogP contribution >= 0.6 is 11.8 Å². The highest BCUT2D eigenvalue weighted by atomic mass is 32.2. The van der Waals surface area contributed by atoms with E-state index in [4.69, 9.17) is 5.11 Å². The van der Waals surface area contributed by atoms with Crippen molar-refractivity contribution in [1.29, 1.82) is 0 Å². The van der Waals surface area contributed by atoms with Crippen LogP contribution in [0.5, 0.6) is 0 Å². The maximum atomic E-state index is 12.0. The molecule has 1 aromatic heterocycles. The van der Waals surface area contributed by atoms with Crippen LogP contribution in [0.3, 0.4) is 0 Å². The summed E-state index contributed by atoms with van der Waals surface area (Å²) in [6.07, 6.45) is 1.39. The fraction of sp³-hybridized carbons (Fsp3) is 0.636. The molecule has 6 nitrogen and oxygen atoms in total. The van der Waals surface area contributed by atoms with Gasteiger partial charge in [0, 0.05) is 49.6 Å². The molecule has 2 heterocycles. The van der Waals surface area contributed by atoms with Crippen molar-refractivity contribution in [2.24, 2.45) is 0 Å². The summed E-state index contributed by atoms with van der Waals surface area (Å²) < 4.78 is 26.5. The molecule has 0 atom stereocenters. The second-order valence-corrected chi connectivity index (χ2v) is 7.36. The smallest absolute Gasteiger partial charge is 0.242 e. The van der Waals surface area contributed by atoms with Gasteiger partial charge in [0.2, 0.25) is 10.0 Å². The minimum atomic E-state index is -3.47. The average molecular weight is 305 g/mol. The predicted molar refractivity (Wildman–Crippen MR) is 75.7 cm³/mol. The number of aliphatic hydroxyl groups excluding tert-OH is 1. The zero-order valence-electron chi connectivity index (χ0n) is 10.6. The lowest BCUT2D eigenvalue weighted by Gasteiger charge is -2.25. The third kappa shape index (κ3) is 4.22. The van der Waals surface area contributed by atoms with E-state index in [0.29, 0.717) is 12.2 Å². The molecule has 19 heavy (non-hydrogen) atoms. The van der Waals surface area contributed by atoms with Crippen LogP contribution in [0.2, 0.25) is 0 Å². The number of thioether (sulfide) groups is 1. The van der Waals surface area contributed by atoms with Crippen LogP contribution < -0.4 is 4.72 Å². The number of H-pyrrole nitrogens is 1. The summed E-state index contributed by atoms with van der Waals surface area (Å²) in [7, 11) is -3.47. The quantitative estimate of drug-likeness (QED) is 0.680. The Morgan fingerprint density at radius 2 is 2.16 bits per heavy atom. The van der Waals surface area contributed by atoms with Crippen LogP contribution in [0.15, 0.2) is 17.2 Å². The van der Waals surface area contributed by atoms with Crippen molar-refractivity contribution in [3.05, 3.63) is 18.0 Å². The first kappa shape index (κ1) is 14.9. The van der Waals surface area contributed by atoms with Crippen molar-refractivity contribution in [1.82, 2.24) is 14.6 Å². The van der Waals surface area contributed by atoms with Gasteiger partial charge in [-0.3, -0.25) is 0 Å². The van der Waals surface area contributed by atoms with E-state index in [9.17, 15) is 8.42 Å². The molecule has 0 bridgehead atoms. The Balaban J connectivity index is 1.83. The van der Waals surface area contributed by atoms with Gasteiger partial charge in [0.25, 0.3) is 0 Å². The maximum absolute atomic E-state index is 12.0. The van der Waals surface area contributed by atoms with Gasteiger partial charge in [-0.15, -0.1) is 0 Å². The third-order valence-corrected chi connectivity index (χ3v) is 5.40. The monoisotopic (exact) mass is 305 g/mol. The Hall–Kier alpha value is -0.540. The van der Waals surface area contributed by atoms with Gasteiger partial charge in [-0.25, -0.2) is 13.1 Å². The molecule has 108 valence electrons. The molecule has 1 saturated heterocycles. The summed E-state index contributed by atoms with van der Waals surface area (Å²) in [5, 5.41) is 8.91. The number of rotatable bonds is 6. The van der Waals surface area contributed by atoms with Crippen LogP contribution in [0.1, 0.15) is 5.69 Å². The fourth-order valence-electron chi connectivity index (χ4n) is 1.91. The molecule has 8 heteroatoms. The zero-order valence-corrected chi connectivity index (χ0v) is 12.3. The minimum Gasteiger partial charge on any atom is -0.390 e. The van der Waals surface area contributed by atoms with Crippen molar-refractivity contribution in [3.63, 3.8) is 0 Å². The molecule has 0 amide bonds. The second kappa shape index (κ2) is 6.76. The molecule has 0 saturated carbocycles. The highest BCUT2D eigenvalue weighted by molar-refractivity contribution is 7.99. The summed E-state index contributed by atoms with van der Waals surface area (Å²) in [5.41, 5.74) is 0.494. The third-order valence-electron chi connectivity index (χ3n) is 3.02. The molecule has 1 aliphatic rings. The van der Waals surface area contributed by atoms with Crippen LogP contribution in [0, 0.1) is 0 Å². The van der Waals surface area contributed by atoms with Crippen molar-refractivity contribution in [2.75, 3.05) is 37.7 Å². The number of hydrogen-bond acceptors (Lipinski definition) is 5. The molecule has 0 spiro atoms. The van der Waals surface area contributed by atoms with Crippen LogP contribution in [-0.4, -0.2) is 61.1 Å². The zero-order chi connectivity index (χ0) is 13.7. The average Bonchev–Trinajstić information content (AvgIpc) is 2.89. The van der Waals surface area contributed by atoms with Crippen molar-refractivity contribution < 1.29 is 13.5 Å². The molecule has 2 rings (SSSR count). The van der Waals surface area contributed by atoms with Crippen LogP contribution in [0.25, 0.3) is 0 Å².